The molecule has 1 atom stereocenters. The SMILES string of the molecule is C=CON[C@@H](C(=O)O)C(C)C. The van der Waals surface area contributed by atoms with E-state index in [-0.39, 0.29) is 5.92 Å². The van der Waals surface area contributed by atoms with Crippen LogP contribution in [0.5, 0.6) is 0 Å². The highest BCUT2D eigenvalue weighted by molar-refractivity contribution is 5.73. The van der Waals surface area contributed by atoms with Gasteiger partial charge in [-0.2, -0.15) is 0 Å². The van der Waals surface area contributed by atoms with E-state index < -0.39 is 12.0 Å². The molecule has 11 heavy (non-hydrogen) atoms. The van der Waals surface area contributed by atoms with E-state index >= 15 is 0 Å². The summed E-state index contributed by atoms with van der Waals surface area (Å²) in [6.07, 6.45) is 1.15. The second kappa shape index (κ2) is 4.73. The number of hydroxylamine groups is 1. The maximum absolute atomic E-state index is 10.5. The molecule has 2 N–H and O–H groups in total. The first-order valence-corrected chi connectivity index (χ1v) is 3.34. The van der Waals surface area contributed by atoms with E-state index in [4.69, 9.17) is 5.11 Å². The molecule has 0 spiro atoms. The molecular formula is C7H13NO3. The Balaban J connectivity index is 3.89. The second-order valence-corrected chi connectivity index (χ2v) is 2.46. The molecule has 0 amide bonds. The lowest BCUT2D eigenvalue weighted by atomic mass is 10.1. The van der Waals surface area contributed by atoms with E-state index in [0.717, 1.165) is 6.26 Å². The third-order valence-corrected chi connectivity index (χ3v) is 1.21. The monoisotopic (exact) mass is 159 g/mol. The second-order valence-electron chi connectivity index (χ2n) is 2.46. The van der Waals surface area contributed by atoms with Crippen molar-refractivity contribution in [3.05, 3.63) is 12.8 Å². The molecule has 64 valence electrons. The predicted molar refractivity (Wildman–Crippen MR) is 40.7 cm³/mol. The van der Waals surface area contributed by atoms with Crippen molar-refractivity contribution in [2.45, 2.75) is 19.9 Å². The molecule has 0 aromatic heterocycles. The average Bonchev–Trinajstić information content (AvgIpc) is 1.87. The molecule has 0 aliphatic rings. The number of hydrogen-bond acceptors (Lipinski definition) is 3. The zero-order chi connectivity index (χ0) is 8.85. The topological polar surface area (TPSA) is 58.6 Å². The summed E-state index contributed by atoms with van der Waals surface area (Å²) >= 11 is 0. The summed E-state index contributed by atoms with van der Waals surface area (Å²) in [5.41, 5.74) is 2.35. The first-order chi connectivity index (χ1) is 5.09. The Morgan fingerprint density at radius 1 is 1.73 bits per heavy atom. The van der Waals surface area contributed by atoms with Gasteiger partial charge in [-0.05, 0) is 5.92 Å². The van der Waals surface area contributed by atoms with Crippen molar-refractivity contribution in [2.24, 2.45) is 5.92 Å². The lowest BCUT2D eigenvalue weighted by molar-refractivity contribution is -0.144. The van der Waals surface area contributed by atoms with Gasteiger partial charge in [0.2, 0.25) is 0 Å². The van der Waals surface area contributed by atoms with Gasteiger partial charge in [0.1, 0.15) is 12.3 Å². The number of aliphatic carboxylic acids is 1. The molecule has 4 nitrogen and oxygen atoms in total. The van der Waals surface area contributed by atoms with E-state index in [1.165, 1.54) is 0 Å². The molecule has 0 heterocycles. The summed E-state index contributed by atoms with van der Waals surface area (Å²) in [5, 5.41) is 8.59. The Morgan fingerprint density at radius 3 is 2.55 bits per heavy atom. The molecule has 0 aliphatic heterocycles. The fourth-order valence-electron chi connectivity index (χ4n) is 0.593. The highest BCUT2D eigenvalue weighted by atomic mass is 16.6. The van der Waals surface area contributed by atoms with Gasteiger partial charge < -0.3 is 9.94 Å². The van der Waals surface area contributed by atoms with Gasteiger partial charge in [0.15, 0.2) is 0 Å². The van der Waals surface area contributed by atoms with Crippen LogP contribution in [0.2, 0.25) is 0 Å². The molecule has 0 saturated heterocycles. The normalized spacial score (nSPS) is 12.6. The van der Waals surface area contributed by atoms with E-state index in [1.54, 1.807) is 13.8 Å². The third-order valence-electron chi connectivity index (χ3n) is 1.21. The van der Waals surface area contributed by atoms with Gasteiger partial charge in [0, 0.05) is 0 Å². The van der Waals surface area contributed by atoms with Crippen molar-refractivity contribution in [3.8, 4) is 0 Å². The van der Waals surface area contributed by atoms with E-state index in [0.29, 0.717) is 0 Å². The van der Waals surface area contributed by atoms with Crippen molar-refractivity contribution in [1.82, 2.24) is 5.48 Å². The highest BCUT2D eigenvalue weighted by Gasteiger charge is 2.20. The minimum Gasteiger partial charge on any atom is -0.480 e. The highest BCUT2D eigenvalue weighted by Crippen LogP contribution is 2.00. The Hall–Kier alpha value is -1.03. The summed E-state index contributed by atoms with van der Waals surface area (Å²) in [7, 11) is 0. The molecule has 0 fully saturated rings. The van der Waals surface area contributed by atoms with Crippen LogP contribution in [0.15, 0.2) is 12.8 Å². The Bertz CT molecular complexity index is 145. The van der Waals surface area contributed by atoms with Crippen LogP contribution in [0.25, 0.3) is 0 Å². The lowest BCUT2D eigenvalue weighted by Crippen LogP contribution is -2.39. The molecule has 0 rings (SSSR count). The number of carbonyl (C=O) groups is 1. The number of rotatable bonds is 5. The van der Waals surface area contributed by atoms with Crippen LogP contribution in [0.3, 0.4) is 0 Å². The van der Waals surface area contributed by atoms with Crippen molar-refractivity contribution < 1.29 is 14.7 Å². The zero-order valence-electron chi connectivity index (χ0n) is 6.70. The molecule has 0 radical (unpaired) electrons. The maximum atomic E-state index is 10.5. The van der Waals surface area contributed by atoms with E-state index in [2.05, 4.69) is 16.9 Å². The van der Waals surface area contributed by atoms with Gasteiger partial charge in [0.05, 0.1) is 0 Å². The number of hydrogen-bond donors (Lipinski definition) is 2. The minimum absolute atomic E-state index is 0.0209. The van der Waals surface area contributed by atoms with Crippen molar-refractivity contribution in [1.29, 1.82) is 0 Å². The van der Waals surface area contributed by atoms with Gasteiger partial charge >= 0.3 is 5.97 Å². The van der Waals surface area contributed by atoms with Gasteiger partial charge in [0.25, 0.3) is 0 Å². The van der Waals surface area contributed by atoms with Crippen LogP contribution in [0.1, 0.15) is 13.8 Å². The van der Waals surface area contributed by atoms with Crippen LogP contribution in [0.4, 0.5) is 0 Å². The quantitative estimate of drug-likeness (QED) is 0.459. The summed E-state index contributed by atoms with van der Waals surface area (Å²) in [4.78, 5) is 15.0. The van der Waals surface area contributed by atoms with E-state index in [9.17, 15) is 4.79 Å². The van der Waals surface area contributed by atoms with Gasteiger partial charge in [-0.3, -0.25) is 4.79 Å². The third kappa shape index (κ3) is 3.62. The fourth-order valence-corrected chi connectivity index (χ4v) is 0.593. The molecule has 0 saturated carbocycles. The Labute approximate surface area is 65.8 Å². The number of nitrogens with one attached hydrogen (secondary N) is 1. The summed E-state index contributed by atoms with van der Waals surface area (Å²) < 4.78 is 0. The largest absolute Gasteiger partial charge is 0.480 e. The van der Waals surface area contributed by atoms with Gasteiger partial charge in [-0.25, -0.2) is 0 Å². The molecule has 0 unspecified atom stereocenters. The minimum atomic E-state index is -0.929. The summed E-state index contributed by atoms with van der Waals surface area (Å²) in [5.74, 6) is -0.950. The van der Waals surface area contributed by atoms with Gasteiger partial charge in [-0.15, -0.1) is 5.48 Å². The number of carboxylic acid groups (broad SMARTS) is 1. The van der Waals surface area contributed by atoms with Crippen LogP contribution in [-0.2, 0) is 9.63 Å². The van der Waals surface area contributed by atoms with E-state index in [1.807, 2.05) is 0 Å². The van der Waals surface area contributed by atoms with Crippen LogP contribution >= 0.6 is 0 Å². The van der Waals surface area contributed by atoms with Crippen molar-refractivity contribution in [3.63, 3.8) is 0 Å². The molecular weight excluding hydrogens is 146 g/mol. The average molecular weight is 159 g/mol. The molecule has 0 aromatic rings. The zero-order valence-corrected chi connectivity index (χ0v) is 6.70. The maximum Gasteiger partial charge on any atom is 0.324 e. The first kappa shape index (κ1) is 9.97. The predicted octanol–water partition coefficient (Wildman–Crippen LogP) is 0.760. The molecule has 0 aliphatic carbocycles. The Kier molecular flexibility index (Phi) is 4.29. The standard InChI is InChI=1S/C7H13NO3/c1-4-11-8-6(5(2)3)7(9)10/h4-6,8H,1H2,2-3H3,(H,9,10)/t6-/m1/s1. The molecule has 0 bridgehead atoms. The molecule has 4 heteroatoms. The molecule has 0 aromatic carbocycles. The van der Waals surface area contributed by atoms with Crippen LogP contribution in [-0.4, -0.2) is 17.1 Å². The smallest absolute Gasteiger partial charge is 0.324 e. The first-order valence-electron chi connectivity index (χ1n) is 3.34. The fraction of sp³-hybridized carbons (Fsp3) is 0.571. The van der Waals surface area contributed by atoms with Crippen LogP contribution in [0, 0.1) is 5.92 Å². The van der Waals surface area contributed by atoms with Gasteiger partial charge in [-0.1, -0.05) is 20.4 Å². The van der Waals surface area contributed by atoms with Crippen molar-refractivity contribution in [2.75, 3.05) is 0 Å². The summed E-state index contributed by atoms with van der Waals surface area (Å²) in [6, 6.07) is -0.687. The Morgan fingerprint density at radius 2 is 2.27 bits per heavy atom. The van der Waals surface area contributed by atoms with Crippen LogP contribution < -0.4 is 5.48 Å². The lowest BCUT2D eigenvalue weighted by Gasteiger charge is -2.15. The number of carboxylic acids is 1. The summed E-state index contributed by atoms with van der Waals surface area (Å²) in [6.45, 7) is 6.85. The van der Waals surface area contributed by atoms with Crippen molar-refractivity contribution >= 4 is 5.97 Å².